The molecule has 162 valence electrons. The number of hydrogen-bond donors (Lipinski definition) is 1. The van der Waals surface area contributed by atoms with E-state index in [2.05, 4.69) is 10.3 Å². The van der Waals surface area contributed by atoms with E-state index in [1.807, 2.05) is 0 Å². The summed E-state index contributed by atoms with van der Waals surface area (Å²) >= 11 is 1.10. The van der Waals surface area contributed by atoms with Crippen LogP contribution in [0.3, 0.4) is 0 Å². The number of aryl methyl sites for hydroxylation is 1. The SMILES string of the molecule is COc1ccccc1NC(=O)c1sc2ncn(CC(=O)c3ccc(F)cc3)c(=O)c2c1C. The van der Waals surface area contributed by atoms with Crippen LogP contribution >= 0.6 is 11.3 Å². The third kappa shape index (κ3) is 4.02. The fourth-order valence-corrected chi connectivity index (χ4v) is 4.33. The number of halogens is 1. The first-order valence-corrected chi connectivity index (χ1v) is 10.4. The van der Waals surface area contributed by atoms with Crippen LogP contribution in [0.15, 0.2) is 59.7 Å². The number of aromatic nitrogens is 2. The topological polar surface area (TPSA) is 90.3 Å². The Morgan fingerprint density at radius 2 is 1.88 bits per heavy atom. The fourth-order valence-electron chi connectivity index (χ4n) is 3.30. The van der Waals surface area contributed by atoms with Gasteiger partial charge in [-0.3, -0.25) is 19.0 Å². The number of nitrogens with one attached hydrogen (secondary N) is 1. The lowest BCUT2D eigenvalue weighted by atomic mass is 10.1. The Balaban J connectivity index is 1.65. The van der Waals surface area contributed by atoms with Gasteiger partial charge in [0.25, 0.3) is 11.5 Å². The number of anilines is 1. The minimum atomic E-state index is -0.449. The average Bonchev–Trinajstić information content (AvgIpc) is 3.13. The molecule has 0 saturated carbocycles. The quantitative estimate of drug-likeness (QED) is 0.447. The summed E-state index contributed by atoms with van der Waals surface area (Å²) in [4.78, 5) is 43.4. The van der Waals surface area contributed by atoms with Crippen LogP contribution in [0.5, 0.6) is 5.75 Å². The minimum absolute atomic E-state index is 0.245. The zero-order valence-corrected chi connectivity index (χ0v) is 18.0. The summed E-state index contributed by atoms with van der Waals surface area (Å²) < 4.78 is 19.5. The number of carbonyl (C=O) groups is 2. The smallest absolute Gasteiger partial charge is 0.266 e. The van der Waals surface area contributed by atoms with Gasteiger partial charge in [0.2, 0.25) is 0 Å². The molecule has 7 nitrogen and oxygen atoms in total. The van der Waals surface area contributed by atoms with Crippen molar-refractivity contribution in [2.45, 2.75) is 13.5 Å². The number of para-hydroxylation sites is 2. The Bertz CT molecular complexity index is 1390. The zero-order valence-electron chi connectivity index (χ0n) is 17.2. The molecule has 0 aliphatic rings. The zero-order chi connectivity index (χ0) is 22.8. The molecule has 4 aromatic rings. The molecule has 0 bridgehead atoms. The van der Waals surface area contributed by atoms with Crippen LogP contribution in [0.25, 0.3) is 10.2 Å². The van der Waals surface area contributed by atoms with Crippen LogP contribution in [0.2, 0.25) is 0 Å². The predicted octanol–water partition coefficient (Wildman–Crippen LogP) is 4.05. The van der Waals surface area contributed by atoms with Gasteiger partial charge in [0.1, 0.15) is 16.4 Å². The van der Waals surface area contributed by atoms with Gasteiger partial charge >= 0.3 is 0 Å². The van der Waals surface area contributed by atoms with Crippen molar-refractivity contribution in [3.8, 4) is 5.75 Å². The normalized spacial score (nSPS) is 10.8. The predicted molar refractivity (Wildman–Crippen MR) is 120 cm³/mol. The molecule has 0 radical (unpaired) electrons. The molecular formula is C23H18FN3O4S. The first kappa shape index (κ1) is 21.4. The fraction of sp³-hybridized carbons (Fsp3) is 0.130. The van der Waals surface area contributed by atoms with Crippen LogP contribution in [0.4, 0.5) is 10.1 Å². The number of thiophene rings is 1. The molecular weight excluding hydrogens is 433 g/mol. The highest BCUT2D eigenvalue weighted by Gasteiger charge is 2.21. The highest BCUT2D eigenvalue weighted by Crippen LogP contribution is 2.29. The molecule has 0 spiro atoms. The van der Waals surface area contributed by atoms with Crippen LogP contribution in [-0.2, 0) is 6.54 Å². The number of methoxy groups -OCH3 is 1. The molecule has 0 unspecified atom stereocenters. The number of nitrogens with zero attached hydrogens (tertiary/aromatic N) is 2. The summed E-state index contributed by atoms with van der Waals surface area (Å²) in [6.45, 7) is 1.43. The molecule has 0 saturated heterocycles. The number of fused-ring (bicyclic) bond motifs is 1. The van der Waals surface area contributed by atoms with Gasteiger partial charge in [0.05, 0.1) is 35.9 Å². The number of Topliss-reactive ketones (excluding diaryl/α,β-unsaturated/α-hetero) is 1. The Kier molecular flexibility index (Phi) is 5.83. The van der Waals surface area contributed by atoms with Gasteiger partial charge in [-0.25, -0.2) is 9.37 Å². The Morgan fingerprint density at radius 1 is 1.16 bits per heavy atom. The van der Waals surface area contributed by atoms with Gasteiger partial charge in [-0.15, -0.1) is 11.3 Å². The summed E-state index contributed by atoms with van der Waals surface area (Å²) in [5, 5.41) is 3.08. The van der Waals surface area contributed by atoms with E-state index in [0.717, 1.165) is 11.3 Å². The minimum Gasteiger partial charge on any atom is -0.495 e. The third-order valence-corrected chi connectivity index (χ3v) is 6.16. The molecule has 1 amide bonds. The van der Waals surface area contributed by atoms with Crippen LogP contribution in [0.1, 0.15) is 25.6 Å². The second-order valence-corrected chi connectivity index (χ2v) is 8.00. The van der Waals surface area contributed by atoms with Crippen LogP contribution < -0.4 is 15.6 Å². The molecule has 0 aliphatic carbocycles. The van der Waals surface area contributed by atoms with Crippen LogP contribution in [-0.4, -0.2) is 28.4 Å². The molecule has 32 heavy (non-hydrogen) atoms. The van der Waals surface area contributed by atoms with Gasteiger partial charge in [-0.2, -0.15) is 0 Å². The van der Waals surface area contributed by atoms with Gasteiger partial charge in [0, 0.05) is 5.56 Å². The molecule has 2 aromatic heterocycles. The number of ketones is 1. The third-order valence-electron chi connectivity index (χ3n) is 4.96. The number of amides is 1. The van der Waals surface area contributed by atoms with Crippen molar-refractivity contribution in [1.82, 2.24) is 9.55 Å². The van der Waals surface area contributed by atoms with E-state index in [4.69, 9.17) is 4.74 Å². The molecule has 0 fully saturated rings. The van der Waals surface area contributed by atoms with Crippen molar-refractivity contribution in [3.05, 3.63) is 87.0 Å². The van der Waals surface area contributed by atoms with Gasteiger partial charge in [-0.1, -0.05) is 12.1 Å². The van der Waals surface area contributed by atoms with Crippen molar-refractivity contribution >= 4 is 38.9 Å². The average molecular weight is 451 g/mol. The Morgan fingerprint density at radius 3 is 2.59 bits per heavy atom. The van der Waals surface area contributed by atoms with E-state index in [9.17, 15) is 18.8 Å². The number of hydrogen-bond acceptors (Lipinski definition) is 6. The van der Waals surface area contributed by atoms with E-state index < -0.39 is 11.4 Å². The van der Waals surface area contributed by atoms with Crippen molar-refractivity contribution in [2.24, 2.45) is 0 Å². The van der Waals surface area contributed by atoms with Crippen LogP contribution in [0, 0.1) is 12.7 Å². The van der Waals surface area contributed by atoms with Crippen molar-refractivity contribution < 1.29 is 18.7 Å². The molecule has 0 aliphatic heterocycles. The first-order valence-electron chi connectivity index (χ1n) is 9.60. The summed E-state index contributed by atoms with van der Waals surface area (Å²) in [6.07, 6.45) is 1.28. The lowest BCUT2D eigenvalue weighted by Crippen LogP contribution is -2.24. The number of carbonyl (C=O) groups excluding carboxylic acids is 2. The van der Waals surface area contributed by atoms with Gasteiger partial charge < -0.3 is 10.1 Å². The maximum atomic E-state index is 13.1. The summed E-state index contributed by atoms with van der Waals surface area (Å²) in [5.74, 6) is -0.673. The number of rotatable bonds is 6. The maximum Gasteiger partial charge on any atom is 0.266 e. The second-order valence-electron chi connectivity index (χ2n) is 7.00. The van der Waals surface area contributed by atoms with Gasteiger partial charge in [0.15, 0.2) is 5.78 Å². The molecule has 1 N–H and O–H groups in total. The van der Waals surface area contributed by atoms with E-state index in [1.54, 1.807) is 31.2 Å². The van der Waals surface area contributed by atoms with E-state index in [0.29, 0.717) is 26.7 Å². The second kappa shape index (κ2) is 8.72. The van der Waals surface area contributed by atoms with E-state index >= 15 is 0 Å². The highest BCUT2D eigenvalue weighted by atomic mass is 32.1. The number of ether oxygens (including phenoxy) is 1. The number of benzene rings is 2. The Labute approximate surface area is 186 Å². The summed E-state index contributed by atoms with van der Waals surface area (Å²) in [6, 6.07) is 12.1. The molecule has 0 atom stereocenters. The highest BCUT2D eigenvalue weighted by molar-refractivity contribution is 7.20. The largest absolute Gasteiger partial charge is 0.495 e. The van der Waals surface area contributed by atoms with Crippen molar-refractivity contribution in [2.75, 3.05) is 12.4 Å². The molecule has 2 heterocycles. The molecule has 2 aromatic carbocycles. The Hall–Kier alpha value is -3.85. The lowest BCUT2D eigenvalue weighted by Gasteiger charge is -2.09. The first-order chi connectivity index (χ1) is 15.4. The lowest BCUT2D eigenvalue weighted by molar-refractivity contribution is 0.0969. The van der Waals surface area contributed by atoms with Crippen molar-refractivity contribution in [3.63, 3.8) is 0 Å². The monoisotopic (exact) mass is 451 g/mol. The standard InChI is InChI=1S/C23H18FN3O4S/c1-13-19-22(32-20(13)21(29)26-16-5-3-4-6-18(16)31-2)25-12-27(23(19)30)11-17(28)14-7-9-15(24)10-8-14/h3-10,12H,11H2,1-2H3,(H,26,29). The maximum absolute atomic E-state index is 13.1. The van der Waals surface area contributed by atoms with Gasteiger partial charge in [-0.05, 0) is 48.9 Å². The van der Waals surface area contributed by atoms with E-state index in [-0.39, 0.29) is 29.2 Å². The summed E-state index contributed by atoms with van der Waals surface area (Å²) in [5.41, 5.74) is 0.860. The summed E-state index contributed by atoms with van der Waals surface area (Å²) in [7, 11) is 1.51. The molecule has 4 rings (SSSR count). The molecule has 9 heteroatoms. The van der Waals surface area contributed by atoms with Crippen molar-refractivity contribution in [1.29, 1.82) is 0 Å². The van der Waals surface area contributed by atoms with E-state index in [1.165, 1.54) is 42.3 Å².